The number of benzene rings is 1. The molecule has 1 aromatic rings. The molecule has 2 rings (SSSR count). The molecule has 1 unspecified atom stereocenters. The van der Waals surface area contributed by atoms with Crippen LogP contribution in [0.3, 0.4) is 0 Å². The van der Waals surface area contributed by atoms with Gasteiger partial charge in [0.1, 0.15) is 0 Å². The van der Waals surface area contributed by atoms with E-state index in [1.54, 1.807) is 26.0 Å². The summed E-state index contributed by atoms with van der Waals surface area (Å²) in [7, 11) is -3.70. The third kappa shape index (κ3) is 4.06. The normalized spacial score (nSPS) is 17.8. The molecule has 0 aromatic heterocycles. The molecule has 0 spiro atoms. The number of carbonyl (C=O) groups is 1. The van der Waals surface area contributed by atoms with Gasteiger partial charge < -0.3 is 10.4 Å². The molecule has 6 nitrogen and oxygen atoms in total. The summed E-state index contributed by atoms with van der Waals surface area (Å²) in [5.41, 5.74) is 0.0654. The van der Waals surface area contributed by atoms with Gasteiger partial charge in [0.05, 0.1) is 10.5 Å². The van der Waals surface area contributed by atoms with Crippen LogP contribution in [0.15, 0.2) is 23.1 Å². The third-order valence-corrected chi connectivity index (χ3v) is 5.42. The standard InChI is InChI=1S/C15H22N2O4S/c1-10-8-13(17-11(2)18)6-7-14(10)22(20,21)16-9-15(3,19)12-4-5-12/h6-8,12,16,19H,4-5,9H2,1-3H3,(H,17,18). The van der Waals surface area contributed by atoms with E-state index in [1.807, 2.05) is 0 Å². The van der Waals surface area contributed by atoms with E-state index < -0.39 is 15.6 Å². The number of rotatable bonds is 6. The van der Waals surface area contributed by atoms with Crippen molar-refractivity contribution in [2.24, 2.45) is 5.92 Å². The molecule has 0 saturated heterocycles. The molecule has 1 atom stereocenters. The Balaban J connectivity index is 2.13. The van der Waals surface area contributed by atoms with Crippen molar-refractivity contribution >= 4 is 21.6 Å². The van der Waals surface area contributed by atoms with Crippen LogP contribution in [0.5, 0.6) is 0 Å². The van der Waals surface area contributed by atoms with E-state index in [2.05, 4.69) is 10.0 Å². The number of nitrogens with one attached hydrogen (secondary N) is 2. The Bertz CT molecular complexity index is 679. The number of aryl methyl sites for hydroxylation is 1. The number of sulfonamides is 1. The van der Waals surface area contributed by atoms with Crippen molar-refractivity contribution in [3.8, 4) is 0 Å². The molecule has 0 bridgehead atoms. The Labute approximate surface area is 131 Å². The van der Waals surface area contributed by atoms with Crippen LogP contribution in [-0.2, 0) is 14.8 Å². The summed E-state index contributed by atoms with van der Waals surface area (Å²) in [5, 5.41) is 12.8. The van der Waals surface area contributed by atoms with E-state index in [4.69, 9.17) is 0 Å². The van der Waals surface area contributed by atoms with E-state index in [1.165, 1.54) is 13.0 Å². The average Bonchev–Trinajstić information content (AvgIpc) is 3.20. The highest BCUT2D eigenvalue weighted by Gasteiger charge is 2.40. The highest BCUT2D eigenvalue weighted by atomic mass is 32.2. The monoisotopic (exact) mass is 326 g/mol. The molecule has 1 aliphatic carbocycles. The number of anilines is 1. The van der Waals surface area contributed by atoms with Crippen LogP contribution in [0, 0.1) is 12.8 Å². The topological polar surface area (TPSA) is 95.5 Å². The minimum Gasteiger partial charge on any atom is -0.389 e. The van der Waals surface area contributed by atoms with Crippen LogP contribution < -0.4 is 10.0 Å². The molecular formula is C15H22N2O4S. The fourth-order valence-electron chi connectivity index (χ4n) is 2.40. The lowest BCUT2D eigenvalue weighted by atomic mass is 10.0. The molecule has 122 valence electrons. The smallest absolute Gasteiger partial charge is 0.240 e. The summed E-state index contributed by atoms with van der Waals surface area (Å²) in [6, 6.07) is 4.60. The highest BCUT2D eigenvalue weighted by molar-refractivity contribution is 7.89. The molecule has 22 heavy (non-hydrogen) atoms. The molecule has 7 heteroatoms. The number of amides is 1. The minimum atomic E-state index is -3.70. The SMILES string of the molecule is CC(=O)Nc1ccc(S(=O)(=O)NCC(C)(O)C2CC2)c(C)c1. The molecule has 1 fully saturated rings. The van der Waals surface area contributed by atoms with Gasteiger partial charge in [-0.3, -0.25) is 4.79 Å². The molecule has 0 aliphatic heterocycles. The Hall–Kier alpha value is -1.44. The quantitative estimate of drug-likeness (QED) is 0.736. The second kappa shape index (κ2) is 5.98. The first-order valence-electron chi connectivity index (χ1n) is 7.22. The molecule has 1 saturated carbocycles. The van der Waals surface area contributed by atoms with Crippen LogP contribution in [0.2, 0.25) is 0 Å². The summed E-state index contributed by atoms with van der Waals surface area (Å²) in [4.78, 5) is 11.2. The van der Waals surface area contributed by atoms with E-state index in [0.29, 0.717) is 11.3 Å². The zero-order valence-corrected chi connectivity index (χ0v) is 13.8. The van der Waals surface area contributed by atoms with Crippen LogP contribution >= 0.6 is 0 Å². The third-order valence-electron chi connectivity index (χ3n) is 3.86. The molecule has 1 aromatic carbocycles. The van der Waals surface area contributed by atoms with Crippen LogP contribution in [0.4, 0.5) is 5.69 Å². The minimum absolute atomic E-state index is 0.00706. The molecular weight excluding hydrogens is 304 g/mol. The predicted octanol–water partition coefficient (Wildman–Crippen LogP) is 1.39. The largest absolute Gasteiger partial charge is 0.389 e. The maximum Gasteiger partial charge on any atom is 0.240 e. The van der Waals surface area contributed by atoms with Gasteiger partial charge in [-0.15, -0.1) is 0 Å². The predicted molar refractivity (Wildman–Crippen MR) is 84.0 cm³/mol. The first-order chi connectivity index (χ1) is 10.1. The second-order valence-electron chi connectivity index (χ2n) is 6.12. The average molecular weight is 326 g/mol. The summed E-state index contributed by atoms with van der Waals surface area (Å²) in [5.74, 6) is -0.0490. The van der Waals surface area contributed by atoms with Gasteiger partial charge in [0.15, 0.2) is 0 Å². The van der Waals surface area contributed by atoms with Gasteiger partial charge in [-0.2, -0.15) is 0 Å². The van der Waals surface area contributed by atoms with Crippen molar-refractivity contribution in [3.63, 3.8) is 0 Å². The van der Waals surface area contributed by atoms with E-state index in [9.17, 15) is 18.3 Å². The highest BCUT2D eigenvalue weighted by Crippen LogP contribution is 2.39. The summed E-state index contributed by atoms with van der Waals surface area (Å²) < 4.78 is 27.2. The Morgan fingerprint density at radius 2 is 2.05 bits per heavy atom. The summed E-state index contributed by atoms with van der Waals surface area (Å²) in [6.45, 7) is 4.70. The van der Waals surface area contributed by atoms with Gasteiger partial charge >= 0.3 is 0 Å². The molecule has 0 radical (unpaired) electrons. The Kier molecular flexibility index (Phi) is 4.60. The van der Waals surface area contributed by atoms with Gasteiger partial charge in [-0.05, 0) is 56.4 Å². The van der Waals surface area contributed by atoms with E-state index >= 15 is 0 Å². The van der Waals surface area contributed by atoms with Crippen LogP contribution in [-0.4, -0.2) is 31.6 Å². The zero-order valence-electron chi connectivity index (χ0n) is 13.0. The first-order valence-corrected chi connectivity index (χ1v) is 8.70. The van der Waals surface area contributed by atoms with Gasteiger partial charge in [-0.25, -0.2) is 13.1 Å². The molecule has 3 N–H and O–H groups in total. The van der Waals surface area contributed by atoms with Crippen LogP contribution in [0.1, 0.15) is 32.3 Å². The second-order valence-corrected chi connectivity index (χ2v) is 7.85. The van der Waals surface area contributed by atoms with Crippen LogP contribution in [0.25, 0.3) is 0 Å². The first kappa shape index (κ1) is 16.9. The van der Waals surface area contributed by atoms with Crippen molar-refractivity contribution in [1.82, 2.24) is 4.72 Å². The maximum atomic E-state index is 12.4. The van der Waals surface area contributed by atoms with Crippen molar-refractivity contribution in [2.75, 3.05) is 11.9 Å². The van der Waals surface area contributed by atoms with E-state index in [-0.39, 0.29) is 23.3 Å². The maximum absolute atomic E-state index is 12.4. The van der Waals surface area contributed by atoms with Gasteiger partial charge in [-0.1, -0.05) is 0 Å². The number of hydrogen-bond acceptors (Lipinski definition) is 4. The lowest BCUT2D eigenvalue weighted by Crippen LogP contribution is -2.42. The van der Waals surface area contributed by atoms with Crippen molar-refractivity contribution in [1.29, 1.82) is 0 Å². The van der Waals surface area contributed by atoms with Crippen molar-refractivity contribution in [2.45, 2.75) is 44.1 Å². The van der Waals surface area contributed by atoms with Gasteiger partial charge in [0.2, 0.25) is 15.9 Å². The molecule has 0 heterocycles. The number of hydrogen-bond donors (Lipinski definition) is 3. The Morgan fingerprint density at radius 3 is 2.55 bits per heavy atom. The fourth-order valence-corrected chi connectivity index (χ4v) is 3.77. The van der Waals surface area contributed by atoms with Crippen molar-refractivity contribution < 1.29 is 18.3 Å². The summed E-state index contributed by atoms with van der Waals surface area (Å²) >= 11 is 0. The number of aliphatic hydroxyl groups is 1. The zero-order chi connectivity index (χ0) is 16.5. The van der Waals surface area contributed by atoms with Gasteiger partial charge in [0, 0.05) is 19.2 Å². The summed E-state index contributed by atoms with van der Waals surface area (Å²) in [6.07, 6.45) is 1.86. The van der Waals surface area contributed by atoms with E-state index in [0.717, 1.165) is 12.8 Å². The number of carbonyl (C=O) groups excluding carboxylic acids is 1. The van der Waals surface area contributed by atoms with Gasteiger partial charge in [0.25, 0.3) is 0 Å². The lowest BCUT2D eigenvalue weighted by molar-refractivity contribution is -0.114. The van der Waals surface area contributed by atoms with Crippen molar-refractivity contribution in [3.05, 3.63) is 23.8 Å². The Morgan fingerprint density at radius 1 is 1.41 bits per heavy atom. The molecule has 1 aliphatic rings. The fraction of sp³-hybridized carbons (Fsp3) is 0.533. The lowest BCUT2D eigenvalue weighted by Gasteiger charge is -2.23. The molecule has 1 amide bonds.